The highest BCUT2D eigenvalue weighted by atomic mass is 35.5. The molecule has 0 aliphatic carbocycles. The number of amides is 3. The maximum atomic E-state index is 13.9. The van der Waals surface area contributed by atoms with Gasteiger partial charge in [-0.2, -0.15) is 9.61 Å². The average molecular weight is 388 g/mol. The topological polar surface area (TPSA) is 126 Å². The third-order valence-corrected chi connectivity index (χ3v) is 3.97. The van der Waals surface area contributed by atoms with E-state index in [1.807, 2.05) is 0 Å². The predicted molar refractivity (Wildman–Crippen MR) is 96.7 cm³/mol. The fourth-order valence-electron chi connectivity index (χ4n) is 2.54. The van der Waals surface area contributed by atoms with Crippen molar-refractivity contribution in [3.8, 4) is 0 Å². The van der Waals surface area contributed by atoms with E-state index >= 15 is 0 Å². The van der Waals surface area contributed by atoms with Crippen molar-refractivity contribution < 1.29 is 14.0 Å². The first-order chi connectivity index (χ1) is 12.9. The fourth-order valence-corrected chi connectivity index (χ4v) is 2.71. The number of hydrogen-bond donors (Lipinski definition) is 4. The molecule has 1 aromatic carbocycles. The van der Waals surface area contributed by atoms with E-state index in [1.54, 1.807) is 0 Å². The molecule has 3 aromatic rings. The molecule has 11 heteroatoms. The van der Waals surface area contributed by atoms with Gasteiger partial charge in [-0.05, 0) is 24.3 Å². The van der Waals surface area contributed by atoms with Crippen LogP contribution in [0.15, 0.2) is 36.2 Å². The van der Waals surface area contributed by atoms with Crippen molar-refractivity contribution in [1.82, 2.24) is 25.2 Å². The van der Waals surface area contributed by atoms with Crippen LogP contribution in [-0.4, -0.2) is 26.5 Å². The predicted octanol–water partition coefficient (Wildman–Crippen LogP) is 2.03. The van der Waals surface area contributed by atoms with E-state index in [4.69, 9.17) is 17.3 Å². The van der Waals surface area contributed by atoms with Crippen LogP contribution in [0.25, 0.3) is 11.7 Å². The Bertz CT molecular complexity index is 1140. The minimum absolute atomic E-state index is 0.0505. The Labute approximate surface area is 156 Å². The van der Waals surface area contributed by atoms with Crippen LogP contribution in [0.3, 0.4) is 0 Å². The number of nitrogens with one attached hydrogen (secondary N) is 3. The van der Waals surface area contributed by atoms with E-state index in [0.717, 1.165) is 0 Å². The Kier molecular flexibility index (Phi) is 3.89. The zero-order chi connectivity index (χ0) is 19.1. The summed E-state index contributed by atoms with van der Waals surface area (Å²) in [6.07, 6.45) is 2.85. The Morgan fingerprint density at radius 3 is 2.81 bits per heavy atom. The van der Waals surface area contributed by atoms with Crippen LogP contribution in [0.4, 0.5) is 26.5 Å². The molecule has 0 radical (unpaired) electrons. The molecule has 3 amide bonds. The van der Waals surface area contributed by atoms with Gasteiger partial charge in [0.2, 0.25) is 0 Å². The smallest absolute Gasteiger partial charge is 0.326 e. The number of nitrogens with two attached hydrogens (primary N) is 1. The van der Waals surface area contributed by atoms with Crippen LogP contribution in [0.1, 0.15) is 5.56 Å². The van der Waals surface area contributed by atoms with Crippen molar-refractivity contribution in [1.29, 1.82) is 0 Å². The lowest BCUT2D eigenvalue weighted by Crippen LogP contribution is -2.22. The fraction of sp³-hybridized carbons (Fsp3) is 0. The van der Waals surface area contributed by atoms with Crippen LogP contribution in [0.2, 0.25) is 5.02 Å². The van der Waals surface area contributed by atoms with Crippen molar-refractivity contribution in [2.24, 2.45) is 0 Å². The molecule has 1 aliphatic rings. The highest BCUT2D eigenvalue weighted by Crippen LogP contribution is 2.25. The third kappa shape index (κ3) is 3.13. The van der Waals surface area contributed by atoms with Gasteiger partial charge in [0.25, 0.3) is 5.91 Å². The van der Waals surface area contributed by atoms with Crippen LogP contribution >= 0.6 is 11.6 Å². The molecule has 4 rings (SSSR count). The van der Waals surface area contributed by atoms with E-state index in [1.165, 1.54) is 41.1 Å². The van der Waals surface area contributed by atoms with Crippen molar-refractivity contribution >= 4 is 52.6 Å². The lowest BCUT2D eigenvalue weighted by molar-refractivity contribution is -0.115. The maximum absolute atomic E-state index is 13.9. The number of anilines is 3. The van der Waals surface area contributed by atoms with Gasteiger partial charge in [-0.1, -0.05) is 11.6 Å². The van der Waals surface area contributed by atoms with E-state index in [2.05, 4.69) is 26.0 Å². The van der Waals surface area contributed by atoms with Gasteiger partial charge in [-0.25, -0.2) is 14.2 Å². The normalized spacial score (nSPS) is 15.3. The Morgan fingerprint density at radius 1 is 1.26 bits per heavy atom. The van der Waals surface area contributed by atoms with Crippen molar-refractivity contribution in [2.75, 3.05) is 11.1 Å². The minimum atomic E-state index is -0.617. The highest BCUT2D eigenvalue weighted by Gasteiger charge is 2.23. The number of aromatic nitrogens is 3. The number of nitrogen functional groups attached to an aromatic ring is 1. The molecule has 27 heavy (non-hydrogen) atoms. The average Bonchev–Trinajstić information content (AvgIpc) is 3.15. The van der Waals surface area contributed by atoms with Gasteiger partial charge in [0.15, 0.2) is 5.65 Å². The van der Waals surface area contributed by atoms with Crippen molar-refractivity contribution in [3.05, 3.63) is 52.6 Å². The number of carbonyl (C=O) groups excluding carboxylic acids is 2. The summed E-state index contributed by atoms with van der Waals surface area (Å²) in [7, 11) is 0. The zero-order valence-corrected chi connectivity index (χ0v) is 14.2. The van der Waals surface area contributed by atoms with Gasteiger partial charge in [0.1, 0.15) is 23.1 Å². The molecular formula is C16H11ClFN7O2. The van der Waals surface area contributed by atoms with Crippen molar-refractivity contribution in [2.45, 2.75) is 0 Å². The summed E-state index contributed by atoms with van der Waals surface area (Å²) in [6.45, 7) is 0. The second-order valence-electron chi connectivity index (χ2n) is 5.62. The quantitative estimate of drug-likeness (QED) is 0.402. The van der Waals surface area contributed by atoms with Gasteiger partial charge in [0.05, 0.1) is 11.9 Å². The molecule has 1 fully saturated rings. The monoisotopic (exact) mass is 387 g/mol. The molecule has 3 heterocycles. The number of benzene rings is 1. The molecule has 0 spiro atoms. The zero-order valence-electron chi connectivity index (χ0n) is 13.5. The van der Waals surface area contributed by atoms with Gasteiger partial charge < -0.3 is 16.4 Å². The van der Waals surface area contributed by atoms with Crippen LogP contribution < -0.4 is 21.7 Å². The summed E-state index contributed by atoms with van der Waals surface area (Å²) in [5.41, 5.74) is 6.90. The molecule has 136 valence electrons. The van der Waals surface area contributed by atoms with Crippen LogP contribution in [0, 0.1) is 5.82 Å². The molecule has 0 bridgehead atoms. The van der Waals surface area contributed by atoms with Gasteiger partial charge in [0, 0.05) is 16.7 Å². The Morgan fingerprint density at radius 2 is 2.07 bits per heavy atom. The first-order valence-corrected chi connectivity index (χ1v) is 7.99. The van der Waals surface area contributed by atoms with Gasteiger partial charge >= 0.3 is 6.03 Å². The molecule has 5 N–H and O–H groups in total. The maximum Gasteiger partial charge on any atom is 0.326 e. The van der Waals surface area contributed by atoms with E-state index in [9.17, 15) is 14.0 Å². The summed E-state index contributed by atoms with van der Waals surface area (Å²) >= 11 is 5.89. The van der Waals surface area contributed by atoms with Gasteiger partial charge in [-0.3, -0.25) is 10.1 Å². The molecule has 9 nitrogen and oxygen atoms in total. The third-order valence-electron chi connectivity index (χ3n) is 3.74. The number of fused-ring (bicyclic) bond motifs is 1. The number of hydrogen-bond acceptors (Lipinski definition) is 6. The molecule has 1 aliphatic heterocycles. The SMILES string of the molecule is Nc1cc(Nc2cc(Cl)ccc2F)nc2c(/C=C3\NC(=O)NC3=O)cnn12. The Balaban J connectivity index is 1.76. The van der Waals surface area contributed by atoms with Gasteiger partial charge in [-0.15, -0.1) is 0 Å². The number of rotatable bonds is 3. The van der Waals surface area contributed by atoms with E-state index < -0.39 is 17.8 Å². The standard InChI is InChI=1S/C16H11ClFN7O2/c17-8-1-2-9(18)10(4-8)21-13-5-12(19)25-14(23-13)7(6-20-25)3-11-15(26)24-16(27)22-11/h1-6H,19H2,(H,21,23)(H2,22,24,26,27)/b11-3-. The first kappa shape index (κ1) is 16.8. The summed E-state index contributed by atoms with van der Waals surface area (Å²) in [5, 5.41) is 11.7. The molecule has 1 saturated heterocycles. The number of urea groups is 1. The van der Waals surface area contributed by atoms with E-state index in [0.29, 0.717) is 16.2 Å². The summed E-state index contributed by atoms with van der Waals surface area (Å²) in [5.74, 6) is -0.598. The number of carbonyl (C=O) groups is 2. The Hall–Kier alpha value is -3.66. The lowest BCUT2D eigenvalue weighted by Gasteiger charge is -2.09. The molecule has 0 unspecified atom stereocenters. The first-order valence-electron chi connectivity index (χ1n) is 7.61. The summed E-state index contributed by atoms with van der Waals surface area (Å²) in [4.78, 5) is 27.3. The number of nitrogens with zero attached hydrogens (tertiary/aromatic N) is 3. The molecular weight excluding hydrogens is 377 g/mol. The largest absolute Gasteiger partial charge is 0.383 e. The lowest BCUT2D eigenvalue weighted by atomic mass is 10.2. The summed E-state index contributed by atoms with van der Waals surface area (Å²) in [6, 6.07) is 4.92. The van der Waals surface area contributed by atoms with Crippen molar-refractivity contribution in [3.63, 3.8) is 0 Å². The molecule has 0 saturated carbocycles. The summed E-state index contributed by atoms with van der Waals surface area (Å²) < 4.78 is 15.3. The molecule has 0 atom stereocenters. The highest BCUT2D eigenvalue weighted by molar-refractivity contribution is 6.30. The molecule has 2 aromatic heterocycles. The second kappa shape index (κ2) is 6.25. The number of halogens is 2. The van der Waals surface area contributed by atoms with Crippen LogP contribution in [-0.2, 0) is 4.79 Å². The van der Waals surface area contributed by atoms with Crippen LogP contribution in [0.5, 0.6) is 0 Å². The van der Waals surface area contributed by atoms with E-state index in [-0.39, 0.29) is 23.0 Å². The second-order valence-corrected chi connectivity index (χ2v) is 6.05. The minimum Gasteiger partial charge on any atom is -0.383 e. The number of imide groups is 1.